The van der Waals surface area contributed by atoms with E-state index >= 15 is 0 Å². The van der Waals surface area contributed by atoms with Crippen LogP contribution in [-0.2, 0) is 4.79 Å². The van der Waals surface area contributed by atoms with Crippen molar-refractivity contribution >= 4 is 23.6 Å². The molecule has 1 heterocycles. The average molecular weight is 313 g/mol. The number of nitrogens with one attached hydrogen (secondary N) is 1. The summed E-state index contributed by atoms with van der Waals surface area (Å²) in [5, 5.41) is 21.9. The largest absolute Gasteiger partial charge is 0.480 e. The highest BCUT2D eigenvalue weighted by atomic mass is 35.5. The zero-order valence-electron chi connectivity index (χ0n) is 11.5. The average Bonchev–Trinajstić information content (AvgIpc) is 2.81. The molecule has 3 N–H and O–H groups in total. The van der Waals surface area contributed by atoms with Gasteiger partial charge in [-0.25, -0.2) is 9.59 Å². The topological polar surface area (TPSA) is 89.9 Å². The highest BCUT2D eigenvalue weighted by Gasteiger charge is 2.39. The lowest BCUT2D eigenvalue weighted by molar-refractivity contribution is -0.141. The van der Waals surface area contributed by atoms with E-state index in [4.69, 9.17) is 16.7 Å². The number of aliphatic hydroxyl groups excluding tert-OH is 1. The Balaban J connectivity index is 2.07. The molecule has 1 aliphatic heterocycles. The van der Waals surface area contributed by atoms with E-state index in [0.29, 0.717) is 5.02 Å². The van der Waals surface area contributed by atoms with Crippen molar-refractivity contribution in [2.75, 3.05) is 6.54 Å². The van der Waals surface area contributed by atoms with Gasteiger partial charge in [0.2, 0.25) is 0 Å². The number of benzene rings is 1. The van der Waals surface area contributed by atoms with Crippen LogP contribution in [-0.4, -0.2) is 45.8 Å². The van der Waals surface area contributed by atoms with Gasteiger partial charge in [-0.3, -0.25) is 0 Å². The molecule has 3 atom stereocenters. The fraction of sp³-hybridized carbons (Fsp3) is 0.429. The summed E-state index contributed by atoms with van der Waals surface area (Å²) in [6, 6.07) is 5.23. The monoisotopic (exact) mass is 312 g/mol. The molecular weight excluding hydrogens is 296 g/mol. The van der Waals surface area contributed by atoms with Gasteiger partial charge in [0.25, 0.3) is 0 Å². The summed E-state index contributed by atoms with van der Waals surface area (Å²) in [6.07, 6.45) is -0.768. The smallest absolute Gasteiger partial charge is 0.326 e. The standard InChI is InChI=1S/C14H17ClN2O4/c1-8(10-4-2-3-5-11(10)15)16-14(21)17-7-9(18)6-12(17)13(19)20/h2-5,8-9,12,18H,6-7H2,1H3,(H,16,21)(H,19,20). The zero-order valence-corrected chi connectivity index (χ0v) is 12.2. The lowest BCUT2D eigenvalue weighted by Gasteiger charge is -2.24. The van der Waals surface area contributed by atoms with Crippen LogP contribution in [0.25, 0.3) is 0 Å². The van der Waals surface area contributed by atoms with Gasteiger partial charge >= 0.3 is 12.0 Å². The summed E-state index contributed by atoms with van der Waals surface area (Å²) in [5.41, 5.74) is 0.749. The maximum Gasteiger partial charge on any atom is 0.326 e. The van der Waals surface area contributed by atoms with Crippen molar-refractivity contribution in [1.29, 1.82) is 0 Å². The molecule has 6 nitrogen and oxygen atoms in total. The third-order valence-electron chi connectivity index (χ3n) is 3.54. The van der Waals surface area contributed by atoms with Gasteiger partial charge in [-0.1, -0.05) is 29.8 Å². The number of rotatable bonds is 3. The number of amides is 2. The molecule has 7 heteroatoms. The van der Waals surface area contributed by atoms with Crippen molar-refractivity contribution < 1.29 is 19.8 Å². The summed E-state index contributed by atoms with van der Waals surface area (Å²) in [6.45, 7) is 1.78. The summed E-state index contributed by atoms with van der Waals surface area (Å²) >= 11 is 6.07. The normalized spacial score (nSPS) is 22.9. The first-order valence-electron chi connectivity index (χ1n) is 6.62. The van der Waals surface area contributed by atoms with Crippen LogP contribution in [0.4, 0.5) is 4.79 Å². The number of hydrogen-bond donors (Lipinski definition) is 3. The van der Waals surface area contributed by atoms with Gasteiger partial charge in [-0.15, -0.1) is 0 Å². The first-order valence-corrected chi connectivity index (χ1v) is 7.00. The predicted molar refractivity (Wildman–Crippen MR) is 77.2 cm³/mol. The second-order valence-electron chi connectivity index (χ2n) is 5.09. The molecule has 1 saturated heterocycles. The van der Waals surface area contributed by atoms with Crippen LogP contribution < -0.4 is 5.32 Å². The van der Waals surface area contributed by atoms with E-state index in [9.17, 15) is 14.7 Å². The quantitative estimate of drug-likeness (QED) is 0.791. The minimum absolute atomic E-state index is 0.0119. The summed E-state index contributed by atoms with van der Waals surface area (Å²) in [4.78, 5) is 24.5. The van der Waals surface area contributed by atoms with Crippen molar-refractivity contribution in [2.45, 2.75) is 31.5 Å². The molecule has 0 aliphatic carbocycles. The predicted octanol–water partition coefficient (Wildman–Crippen LogP) is 1.63. The fourth-order valence-corrected chi connectivity index (χ4v) is 2.74. The number of carbonyl (C=O) groups is 2. The Morgan fingerprint density at radius 1 is 1.43 bits per heavy atom. The van der Waals surface area contributed by atoms with E-state index in [0.717, 1.165) is 10.5 Å². The molecule has 0 spiro atoms. The molecule has 2 amide bonds. The van der Waals surface area contributed by atoms with Crippen LogP contribution in [0.3, 0.4) is 0 Å². The maximum absolute atomic E-state index is 12.2. The second kappa shape index (κ2) is 6.32. The molecule has 1 fully saturated rings. The first kappa shape index (κ1) is 15.6. The van der Waals surface area contributed by atoms with Gasteiger partial charge in [0.1, 0.15) is 6.04 Å². The van der Waals surface area contributed by atoms with Gasteiger partial charge in [0.15, 0.2) is 0 Å². The Bertz CT molecular complexity index is 552. The van der Waals surface area contributed by atoms with Crippen molar-refractivity contribution in [1.82, 2.24) is 10.2 Å². The Morgan fingerprint density at radius 2 is 2.10 bits per heavy atom. The number of aliphatic carboxylic acids is 1. The van der Waals surface area contributed by atoms with E-state index in [1.807, 2.05) is 6.07 Å². The number of carbonyl (C=O) groups excluding carboxylic acids is 1. The molecule has 114 valence electrons. The molecule has 0 aromatic heterocycles. The van der Waals surface area contributed by atoms with Crippen molar-refractivity contribution in [3.8, 4) is 0 Å². The molecule has 1 aromatic carbocycles. The van der Waals surface area contributed by atoms with Gasteiger partial charge in [-0.2, -0.15) is 0 Å². The minimum atomic E-state index is -1.12. The van der Waals surface area contributed by atoms with E-state index in [1.54, 1.807) is 25.1 Å². The minimum Gasteiger partial charge on any atom is -0.480 e. The molecule has 1 aliphatic rings. The SMILES string of the molecule is CC(NC(=O)N1CC(O)CC1C(=O)O)c1ccccc1Cl. The Morgan fingerprint density at radius 3 is 2.71 bits per heavy atom. The number of nitrogens with zero attached hydrogens (tertiary/aromatic N) is 1. The molecular formula is C14H17ClN2O4. The number of β-amino-alcohol motifs (C(OH)–C–C–N with tert-alkyl or cyclic N) is 1. The highest BCUT2D eigenvalue weighted by molar-refractivity contribution is 6.31. The van der Waals surface area contributed by atoms with Crippen LogP contribution in [0.1, 0.15) is 24.9 Å². The molecule has 0 bridgehead atoms. The zero-order chi connectivity index (χ0) is 15.6. The van der Waals surface area contributed by atoms with E-state index in [1.165, 1.54) is 0 Å². The molecule has 1 aromatic rings. The lowest BCUT2D eigenvalue weighted by atomic mass is 10.1. The Hall–Kier alpha value is -1.79. The van der Waals surface area contributed by atoms with Crippen LogP contribution in [0.15, 0.2) is 24.3 Å². The number of likely N-dealkylation sites (tertiary alicyclic amines) is 1. The Labute approximate surface area is 127 Å². The van der Waals surface area contributed by atoms with Gasteiger partial charge < -0.3 is 20.4 Å². The van der Waals surface area contributed by atoms with Gasteiger partial charge in [0, 0.05) is 18.0 Å². The first-order chi connectivity index (χ1) is 9.90. The number of halogens is 1. The maximum atomic E-state index is 12.2. The second-order valence-corrected chi connectivity index (χ2v) is 5.50. The molecule has 0 saturated carbocycles. The van der Waals surface area contributed by atoms with E-state index < -0.39 is 24.1 Å². The molecule has 3 unspecified atom stereocenters. The number of urea groups is 1. The summed E-state index contributed by atoms with van der Waals surface area (Å²) < 4.78 is 0. The van der Waals surface area contributed by atoms with Gasteiger partial charge in [-0.05, 0) is 18.6 Å². The summed E-state index contributed by atoms with van der Waals surface area (Å²) in [7, 11) is 0. The number of aliphatic hydroxyl groups is 1. The Kier molecular flexibility index (Phi) is 4.69. The number of carboxylic acid groups (broad SMARTS) is 1. The van der Waals surface area contributed by atoms with Gasteiger partial charge in [0.05, 0.1) is 12.1 Å². The third-order valence-corrected chi connectivity index (χ3v) is 3.88. The van der Waals surface area contributed by atoms with Crippen molar-refractivity contribution in [3.05, 3.63) is 34.9 Å². The van der Waals surface area contributed by atoms with Crippen LogP contribution >= 0.6 is 11.6 Å². The lowest BCUT2D eigenvalue weighted by Crippen LogP contribution is -2.46. The van der Waals surface area contributed by atoms with E-state index in [-0.39, 0.29) is 19.0 Å². The molecule has 2 rings (SSSR count). The fourth-order valence-electron chi connectivity index (χ4n) is 2.44. The summed E-state index contributed by atoms with van der Waals surface area (Å²) in [5.74, 6) is -1.12. The third kappa shape index (κ3) is 3.46. The van der Waals surface area contributed by atoms with Crippen LogP contribution in [0.2, 0.25) is 5.02 Å². The van der Waals surface area contributed by atoms with Crippen LogP contribution in [0, 0.1) is 0 Å². The molecule has 0 radical (unpaired) electrons. The number of carboxylic acids is 1. The van der Waals surface area contributed by atoms with E-state index in [2.05, 4.69) is 5.32 Å². The highest BCUT2D eigenvalue weighted by Crippen LogP contribution is 2.24. The van der Waals surface area contributed by atoms with Crippen molar-refractivity contribution in [3.63, 3.8) is 0 Å². The van der Waals surface area contributed by atoms with Crippen LogP contribution in [0.5, 0.6) is 0 Å². The molecule has 21 heavy (non-hydrogen) atoms. The number of hydrogen-bond acceptors (Lipinski definition) is 3. The van der Waals surface area contributed by atoms with Crippen molar-refractivity contribution in [2.24, 2.45) is 0 Å².